The molecule has 1 aliphatic heterocycles. The lowest BCUT2D eigenvalue weighted by atomic mass is 9.70. The van der Waals surface area contributed by atoms with Gasteiger partial charge >= 0.3 is 0 Å². The van der Waals surface area contributed by atoms with Gasteiger partial charge in [0.05, 0.1) is 24.1 Å². The molecule has 9 heteroatoms. The van der Waals surface area contributed by atoms with Crippen LogP contribution < -0.4 is 15.8 Å². The monoisotopic (exact) mass is 737 g/mol. The van der Waals surface area contributed by atoms with Gasteiger partial charge in [0.15, 0.2) is 11.5 Å². The van der Waals surface area contributed by atoms with E-state index in [1.807, 2.05) is 36.5 Å². The molecule has 0 radical (unpaired) electrons. The van der Waals surface area contributed by atoms with Gasteiger partial charge in [-0.3, -0.25) is 0 Å². The number of aromatic nitrogens is 1. The van der Waals surface area contributed by atoms with Crippen LogP contribution in [0.3, 0.4) is 0 Å². The van der Waals surface area contributed by atoms with Crippen molar-refractivity contribution in [2.75, 3.05) is 6.54 Å². The summed E-state index contributed by atoms with van der Waals surface area (Å²) in [7, 11) is 0. The summed E-state index contributed by atoms with van der Waals surface area (Å²) in [6.45, 7) is 2.86. The van der Waals surface area contributed by atoms with Crippen LogP contribution in [0.1, 0.15) is 75.1 Å². The fourth-order valence-corrected chi connectivity index (χ4v) is 8.72. The normalized spacial score (nSPS) is 27.9. The van der Waals surface area contributed by atoms with Gasteiger partial charge in [0.25, 0.3) is 0 Å². The van der Waals surface area contributed by atoms with Gasteiger partial charge < -0.3 is 46.3 Å². The largest absolute Gasteiger partial charge is 0.504 e. The number of nitrogens with two attached hydrogens (primary N) is 1. The number of aryl methyl sites for hydroxylation is 1. The third-order valence-corrected chi connectivity index (χ3v) is 11.9. The summed E-state index contributed by atoms with van der Waals surface area (Å²) < 4.78 is 6.52. The van der Waals surface area contributed by atoms with Gasteiger partial charge in [-0.25, -0.2) is 0 Å². The highest BCUT2D eigenvalue weighted by Crippen LogP contribution is 2.41. The minimum Gasteiger partial charge on any atom is -0.504 e. The third kappa shape index (κ3) is 10.3. The van der Waals surface area contributed by atoms with E-state index in [0.717, 1.165) is 42.5 Å². The molecular formula is C45H59N3O6. The summed E-state index contributed by atoms with van der Waals surface area (Å²) in [6, 6.07) is 19.7. The smallest absolute Gasteiger partial charge is 0.161 e. The Balaban J connectivity index is 1.14. The van der Waals surface area contributed by atoms with Crippen LogP contribution in [0.5, 0.6) is 11.5 Å². The Bertz CT molecular complexity index is 1750. The van der Waals surface area contributed by atoms with Crippen molar-refractivity contribution < 1.29 is 30.3 Å². The van der Waals surface area contributed by atoms with Crippen LogP contribution >= 0.6 is 0 Å². The van der Waals surface area contributed by atoms with E-state index in [1.54, 1.807) is 12.1 Å². The Morgan fingerprint density at radius 2 is 1.72 bits per heavy atom. The Morgan fingerprint density at radius 3 is 2.50 bits per heavy atom. The van der Waals surface area contributed by atoms with Crippen molar-refractivity contribution in [3.8, 4) is 23.3 Å². The maximum atomic E-state index is 11.5. The number of aromatic amines is 1. The van der Waals surface area contributed by atoms with Crippen LogP contribution in [0, 0.1) is 41.4 Å². The van der Waals surface area contributed by atoms with Crippen molar-refractivity contribution in [1.29, 1.82) is 0 Å². The number of H-pyrrole nitrogens is 1. The number of aliphatic hydroxyl groups is 4. The molecule has 2 aromatic carbocycles. The summed E-state index contributed by atoms with van der Waals surface area (Å²) in [5.41, 5.74) is 10.4. The second kappa shape index (κ2) is 18.9. The number of hydrogen-bond acceptors (Lipinski definition) is 8. The van der Waals surface area contributed by atoms with Gasteiger partial charge in [0.1, 0.15) is 12.2 Å². The van der Waals surface area contributed by atoms with Crippen LogP contribution in [0.25, 0.3) is 0 Å². The molecule has 0 amide bonds. The summed E-state index contributed by atoms with van der Waals surface area (Å²) in [4.78, 5) is 3.30. The summed E-state index contributed by atoms with van der Waals surface area (Å²) >= 11 is 0. The zero-order valence-electron chi connectivity index (χ0n) is 31.5. The zero-order chi connectivity index (χ0) is 38.0. The summed E-state index contributed by atoms with van der Waals surface area (Å²) in [6.07, 6.45) is 9.12. The number of hydrogen-bond donors (Lipinski definition) is 8. The number of nitrogens with one attached hydrogen (secondary N) is 2. The quantitative estimate of drug-likeness (QED) is 0.106. The van der Waals surface area contributed by atoms with E-state index in [9.17, 15) is 25.5 Å². The fraction of sp³-hybridized carbons (Fsp3) is 0.511. The number of ether oxygens (including phenoxy) is 1. The molecular weight excluding hydrogens is 679 g/mol. The molecule has 0 saturated heterocycles. The summed E-state index contributed by atoms with van der Waals surface area (Å²) in [5.74, 6) is 7.67. The maximum absolute atomic E-state index is 11.5. The molecule has 0 bridgehead atoms. The number of dihydropyridines is 1. The van der Waals surface area contributed by atoms with E-state index in [0.29, 0.717) is 63.2 Å². The molecule has 1 saturated carbocycles. The first-order valence-corrected chi connectivity index (χ1v) is 19.9. The number of aromatic hydroxyl groups is 1. The summed E-state index contributed by atoms with van der Waals surface area (Å²) in [5, 5.41) is 58.9. The Morgan fingerprint density at radius 1 is 0.907 bits per heavy atom. The van der Waals surface area contributed by atoms with E-state index >= 15 is 0 Å². The van der Waals surface area contributed by atoms with Gasteiger partial charge in [-0.2, -0.15) is 0 Å². The lowest BCUT2D eigenvalue weighted by Gasteiger charge is -2.42. The van der Waals surface area contributed by atoms with Gasteiger partial charge in [-0.1, -0.05) is 68.2 Å². The molecule has 9 N–H and O–H groups in total. The van der Waals surface area contributed by atoms with Crippen molar-refractivity contribution in [3.63, 3.8) is 0 Å². The number of allylic oxidation sites excluding steroid dienone is 2. The van der Waals surface area contributed by atoms with Crippen molar-refractivity contribution >= 4 is 0 Å². The minimum atomic E-state index is -1.17. The van der Waals surface area contributed by atoms with Crippen LogP contribution in [0.4, 0.5) is 0 Å². The predicted molar refractivity (Wildman–Crippen MR) is 211 cm³/mol. The lowest BCUT2D eigenvalue weighted by molar-refractivity contribution is -0.108. The van der Waals surface area contributed by atoms with Gasteiger partial charge in [-0.05, 0) is 110 Å². The number of aliphatic hydroxyl groups excluding tert-OH is 4. The molecule has 54 heavy (non-hydrogen) atoms. The van der Waals surface area contributed by atoms with E-state index < -0.39 is 30.5 Å². The van der Waals surface area contributed by atoms with Crippen LogP contribution in [-0.2, 0) is 19.3 Å². The number of benzene rings is 2. The number of rotatable bonds is 13. The topological polar surface area (TPSA) is 164 Å². The Kier molecular flexibility index (Phi) is 13.8. The molecule has 3 aliphatic rings. The van der Waals surface area contributed by atoms with Crippen LogP contribution in [0.2, 0.25) is 0 Å². The van der Waals surface area contributed by atoms with E-state index in [1.165, 1.54) is 5.56 Å². The van der Waals surface area contributed by atoms with Crippen LogP contribution in [0.15, 0.2) is 90.4 Å². The molecule has 3 aromatic rings. The first kappa shape index (κ1) is 39.5. The highest BCUT2D eigenvalue weighted by molar-refractivity contribution is 5.42. The van der Waals surface area contributed by atoms with Crippen molar-refractivity contribution in [2.45, 2.75) is 108 Å². The SMILES string of the molecule is CC(Cc1ccccc1)C1C#CCC(C(O)CCc2ccc(O)c(OC3C(O)C(O)CCC3C(Cc3ccc[nH]3)C3=CCNC(N)=C3)c2)C(O)CCCC1. The fourth-order valence-electron chi connectivity index (χ4n) is 8.72. The Labute approximate surface area is 320 Å². The molecule has 2 aliphatic carbocycles. The first-order chi connectivity index (χ1) is 26.2. The average Bonchev–Trinajstić information content (AvgIpc) is 3.69. The predicted octanol–water partition coefficient (Wildman–Crippen LogP) is 5.52. The molecule has 10 atom stereocenters. The Hall–Kier alpha value is -4.20. The number of phenolic OH excluding ortho intramolecular Hbond substituents is 1. The molecule has 9 nitrogen and oxygen atoms in total. The maximum Gasteiger partial charge on any atom is 0.161 e. The molecule has 2 heterocycles. The average molecular weight is 738 g/mol. The lowest BCUT2D eigenvalue weighted by Crippen LogP contribution is -2.52. The van der Waals surface area contributed by atoms with Crippen LogP contribution in [-0.4, -0.2) is 67.6 Å². The van der Waals surface area contributed by atoms with Gasteiger partial charge in [0.2, 0.25) is 0 Å². The van der Waals surface area contributed by atoms with E-state index in [-0.39, 0.29) is 35.2 Å². The van der Waals surface area contributed by atoms with Crippen molar-refractivity contribution in [1.82, 2.24) is 10.3 Å². The zero-order valence-corrected chi connectivity index (χ0v) is 31.5. The molecule has 1 fully saturated rings. The molecule has 10 unspecified atom stereocenters. The molecule has 6 rings (SSSR count). The number of phenols is 1. The van der Waals surface area contributed by atoms with E-state index in [4.69, 9.17) is 10.5 Å². The molecule has 1 aromatic heterocycles. The standard InChI is InChI=1S/C45H59N3O6/c1-29(25-30-9-3-2-4-10-30)32-11-5-6-15-38(49)36(14-7-12-32)39(50)19-16-31-17-20-40(51)42(26-31)54-45-35(18-21-41(52)44(45)53)37(28-34-13-8-23-47-34)33-22-24-48-43(46)27-33/h2-4,8-10,13,17,20,22-23,26-27,29,32,35-39,41,44-45,47-53H,5-6,11,14-16,18-19,21,24-25,28,46H2,1H3. The molecule has 290 valence electrons. The van der Waals surface area contributed by atoms with Gasteiger partial charge in [-0.15, -0.1) is 5.92 Å². The third-order valence-electron chi connectivity index (χ3n) is 11.9. The second-order valence-electron chi connectivity index (χ2n) is 15.8. The van der Waals surface area contributed by atoms with E-state index in [2.05, 4.69) is 59.4 Å². The van der Waals surface area contributed by atoms with Gasteiger partial charge in [0, 0.05) is 42.6 Å². The molecule has 0 spiro atoms. The second-order valence-corrected chi connectivity index (χ2v) is 15.8. The first-order valence-electron chi connectivity index (χ1n) is 19.9. The van der Waals surface area contributed by atoms with Crippen molar-refractivity contribution in [3.05, 3.63) is 107 Å². The highest BCUT2D eigenvalue weighted by atomic mass is 16.5. The highest BCUT2D eigenvalue weighted by Gasteiger charge is 2.44. The van der Waals surface area contributed by atoms with Crippen molar-refractivity contribution in [2.24, 2.45) is 35.3 Å². The minimum absolute atomic E-state index is 0.0643.